The van der Waals surface area contributed by atoms with Gasteiger partial charge in [-0.3, -0.25) is 18.6 Å². The zero-order valence-corrected chi connectivity index (χ0v) is 51.3. The summed E-state index contributed by atoms with van der Waals surface area (Å²) in [5.41, 5.74) is 5.40. The minimum atomic E-state index is -4.39. The number of carbonyl (C=O) groups is 2. The quantitative estimate of drug-likeness (QED) is 0.0264. The van der Waals surface area contributed by atoms with Gasteiger partial charge in [-0.25, -0.2) is 4.57 Å². The molecule has 77 heavy (non-hydrogen) atoms. The van der Waals surface area contributed by atoms with E-state index in [9.17, 15) is 19.0 Å². The van der Waals surface area contributed by atoms with Crippen LogP contribution in [0.15, 0.2) is 60.8 Å². The minimum Gasteiger partial charge on any atom is -0.462 e. The van der Waals surface area contributed by atoms with Crippen molar-refractivity contribution in [3.05, 3.63) is 60.8 Å². The van der Waals surface area contributed by atoms with Crippen molar-refractivity contribution >= 4 is 19.8 Å². The SMILES string of the molecule is CC/C=C\C/C=C\C/C=C\C/C=C\C/C=C\CCCCCCCCCCCCCCCCCC(=O)OC(COC(=O)CCCCCCCCCCCCCCCCCCCCCCCCCCC)COP(=O)(O)OCCN. The number of hydrogen-bond acceptors (Lipinski definition) is 8. The number of carbonyl (C=O) groups excluding carboxylic acids is 2. The molecule has 0 aromatic carbocycles. The smallest absolute Gasteiger partial charge is 0.462 e. The van der Waals surface area contributed by atoms with Crippen molar-refractivity contribution in [3.63, 3.8) is 0 Å². The number of phosphoric ester groups is 1. The van der Waals surface area contributed by atoms with Gasteiger partial charge in [0.05, 0.1) is 13.2 Å². The molecule has 2 atom stereocenters. The summed E-state index contributed by atoms with van der Waals surface area (Å²) in [6, 6.07) is 0. The third kappa shape index (κ3) is 62.8. The highest BCUT2D eigenvalue weighted by Gasteiger charge is 2.26. The van der Waals surface area contributed by atoms with Crippen LogP contribution >= 0.6 is 7.82 Å². The Bertz CT molecular complexity index is 1440. The van der Waals surface area contributed by atoms with E-state index in [4.69, 9.17) is 24.3 Å². The van der Waals surface area contributed by atoms with Crippen LogP contribution in [0.4, 0.5) is 0 Å². The topological polar surface area (TPSA) is 134 Å². The van der Waals surface area contributed by atoms with Gasteiger partial charge in [0.2, 0.25) is 0 Å². The molecule has 0 aromatic rings. The fourth-order valence-electron chi connectivity index (χ4n) is 9.61. The number of rotatable bonds is 62. The summed E-state index contributed by atoms with van der Waals surface area (Å²) in [5.74, 6) is -0.812. The molecule has 0 aromatic heterocycles. The Kier molecular flexibility index (Phi) is 61.0. The van der Waals surface area contributed by atoms with Gasteiger partial charge in [0, 0.05) is 19.4 Å². The summed E-state index contributed by atoms with van der Waals surface area (Å²) in [5, 5.41) is 0. The number of ether oxygens (including phenoxy) is 2. The van der Waals surface area contributed by atoms with Gasteiger partial charge < -0.3 is 20.1 Å². The third-order valence-corrected chi connectivity index (χ3v) is 15.4. The molecule has 0 heterocycles. The average Bonchev–Trinajstić information content (AvgIpc) is 3.42. The molecule has 0 aliphatic carbocycles. The molecule has 0 saturated heterocycles. The zero-order chi connectivity index (χ0) is 55.9. The molecule has 10 heteroatoms. The number of nitrogens with two attached hydrogens (primary N) is 1. The standard InChI is InChI=1S/C67H124NO8P/c1-3-5-7-9-11-13-15-17-19-21-23-25-27-29-30-31-32-33-34-36-38-40-42-44-46-48-50-52-54-56-58-60-67(70)76-65(64-75-77(71,72)74-62-61-68)63-73-66(69)59-57-55-53-51-49-47-45-43-41-39-37-35-28-26-24-22-20-18-16-14-12-10-8-6-4-2/h5,7,11,13,17,19,23,25,29-30,65H,3-4,6,8-10,12,14-16,18,20-22,24,26-28,31-64,68H2,1-2H3,(H,71,72)/b7-5-,13-11-,19-17-,25-23-,30-29-. The molecule has 0 bridgehead atoms. The van der Waals surface area contributed by atoms with E-state index >= 15 is 0 Å². The Labute approximate surface area is 476 Å². The van der Waals surface area contributed by atoms with E-state index in [0.717, 1.165) is 70.6 Å². The molecule has 0 radical (unpaired) electrons. The van der Waals surface area contributed by atoms with Gasteiger partial charge >= 0.3 is 19.8 Å². The normalized spacial score (nSPS) is 13.4. The number of esters is 2. The Morgan fingerprint density at radius 1 is 0.403 bits per heavy atom. The van der Waals surface area contributed by atoms with Crippen molar-refractivity contribution in [2.45, 2.75) is 328 Å². The first-order valence-electron chi connectivity index (χ1n) is 32.8. The van der Waals surface area contributed by atoms with E-state index in [1.807, 2.05) is 0 Å². The molecule has 450 valence electrons. The molecule has 0 aliphatic rings. The number of phosphoric acid groups is 1. The van der Waals surface area contributed by atoms with Crippen LogP contribution in [0.1, 0.15) is 322 Å². The van der Waals surface area contributed by atoms with Gasteiger partial charge in [0.15, 0.2) is 6.10 Å². The second kappa shape index (κ2) is 62.9. The van der Waals surface area contributed by atoms with Crippen molar-refractivity contribution in [1.29, 1.82) is 0 Å². The van der Waals surface area contributed by atoms with Gasteiger partial charge in [-0.1, -0.05) is 312 Å². The van der Waals surface area contributed by atoms with E-state index in [1.54, 1.807) is 0 Å². The molecule has 0 spiro atoms. The van der Waals surface area contributed by atoms with E-state index < -0.39 is 26.5 Å². The van der Waals surface area contributed by atoms with Gasteiger partial charge in [-0.15, -0.1) is 0 Å². The van der Waals surface area contributed by atoms with E-state index in [2.05, 4.69) is 74.6 Å². The maximum atomic E-state index is 12.7. The molecule has 3 N–H and O–H groups in total. The lowest BCUT2D eigenvalue weighted by atomic mass is 10.0. The van der Waals surface area contributed by atoms with E-state index in [0.29, 0.717) is 6.42 Å². The molecule has 0 fully saturated rings. The van der Waals surface area contributed by atoms with Crippen LogP contribution in [0.25, 0.3) is 0 Å². The van der Waals surface area contributed by atoms with Crippen molar-refractivity contribution < 1.29 is 37.6 Å². The first kappa shape index (κ1) is 74.7. The van der Waals surface area contributed by atoms with Gasteiger partial charge in [0.25, 0.3) is 0 Å². The number of hydrogen-bond donors (Lipinski definition) is 2. The molecular formula is C67H124NO8P. The maximum absolute atomic E-state index is 12.7. The van der Waals surface area contributed by atoms with Crippen LogP contribution in [-0.4, -0.2) is 49.3 Å². The van der Waals surface area contributed by atoms with Crippen molar-refractivity contribution in [2.24, 2.45) is 5.73 Å². The van der Waals surface area contributed by atoms with Crippen molar-refractivity contribution in [3.8, 4) is 0 Å². The summed E-state index contributed by atoms with van der Waals surface area (Å²) in [7, 11) is -4.39. The Morgan fingerprint density at radius 2 is 0.714 bits per heavy atom. The zero-order valence-electron chi connectivity index (χ0n) is 50.4. The summed E-state index contributed by atoms with van der Waals surface area (Å²) in [6.45, 7) is 3.69. The third-order valence-electron chi connectivity index (χ3n) is 14.4. The van der Waals surface area contributed by atoms with Crippen LogP contribution in [0.2, 0.25) is 0 Å². The fourth-order valence-corrected chi connectivity index (χ4v) is 10.4. The van der Waals surface area contributed by atoms with Gasteiger partial charge in [-0.2, -0.15) is 0 Å². The largest absolute Gasteiger partial charge is 0.472 e. The molecule has 2 unspecified atom stereocenters. The average molecular weight is 1100 g/mol. The minimum absolute atomic E-state index is 0.0541. The van der Waals surface area contributed by atoms with Crippen LogP contribution in [0.5, 0.6) is 0 Å². The predicted molar refractivity (Wildman–Crippen MR) is 330 cm³/mol. The molecule has 0 amide bonds. The van der Waals surface area contributed by atoms with Crippen LogP contribution in [-0.2, 0) is 32.7 Å². The fraction of sp³-hybridized carbons (Fsp3) is 0.821. The lowest BCUT2D eigenvalue weighted by molar-refractivity contribution is -0.161. The van der Waals surface area contributed by atoms with Crippen LogP contribution in [0.3, 0.4) is 0 Å². The molecule has 0 rings (SSSR count). The summed E-state index contributed by atoms with van der Waals surface area (Å²) < 4.78 is 33.1. The predicted octanol–water partition coefficient (Wildman–Crippen LogP) is 21.1. The van der Waals surface area contributed by atoms with Crippen molar-refractivity contribution in [2.75, 3.05) is 26.4 Å². The number of allylic oxidation sites excluding steroid dienone is 10. The first-order valence-corrected chi connectivity index (χ1v) is 34.3. The van der Waals surface area contributed by atoms with E-state index in [-0.39, 0.29) is 38.6 Å². The highest BCUT2D eigenvalue weighted by Crippen LogP contribution is 2.43. The highest BCUT2D eigenvalue weighted by molar-refractivity contribution is 7.47. The Balaban J connectivity index is 3.88. The van der Waals surface area contributed by atoms with Crippen molar-refractivity contribution in [1.82, 2.24) is 0 Å². The summed E-state index contributed by atoms with van der Waals surface area (Å²) in [6.07, 6.45) is 80.1. The molecule has 0 saturated carbocycles. The first-order chi connectivity index (χ1) is 37.8. The molecular weight excluding hydrogens is 978 g/mol. The van der Waals surface area contributed by atoms with Crippen LogP contribution < -0.4 is 5.73 Å². The van der Waals surface area contributed by atoms with Gasteiger partial charge in [0.1, 0.15) is 6.61 Å². The van der Waals surface area contributed by atoms with Crippen LogP contribution in [0, 0.1) is 0 Å². The van der Waals surface area contributed by atoms with E-state index in [1.165, 1.54) is 218 Å². The monoisotopic (exact) mass is 1100 g/mol. The maximum Gasteiger partial charge on any atom is 0.472 e. The Hall–Kier alpha value is -2.29. The van der Waals surface area contributed by atoms with Gasteiger partial charge in [-0.05, 0) is 57.8 Å². The number of unbranched alkanes of at least 4 members (excludes halogenated alkanes) is 39. The lowest BCUT2D eigenvalue weighted by Crippen LogP contribution is -2.29. The lowest BCUT2D eigenvalue weighted by Gasteiger charge is -2.19. The summed E-state index contributed by atoms with van der Waals surface area (Å²) in [4.78, 5) is 35.3. The second-order valence-electron chi connectivity index (χ2n) is 22.0. The molecule has 0 aliphatic heterocycles. The second-order valence-corrected chi connectivity index (χ2v) is 23.4. The molecule has 9 nitrogen and oxygen atoms in total. The highest BCUT2D eigenvalue weighted by atomic mass is 31.2. The summed E-state index contributed by atoms with van der Waals surface area (Å²) >= 11 is 0. The Morgan fingerprint density at radius 3 is 1.06 bits per heavy atom.